The summed E-state index contributed by atoms with van der Waals surface area (Å²) in [6, 6.07) is 13.8. The molecule has 0 amide bonds. The maximum absolute atomic E-state index is 12.0. The molecule has 0 spiro atoms. The van der Waals surface area contributed by atoms with Gasteiger partial charge in [-0.3, -0.25) is 9.35 Å². The molecular weight excluding hydrogens is 252 g/mol. The summed E-state index contributed by atoms with van der Waals surface area (Å²) in [5.41, 5.74) is 0.682. The molecule has 4 nitrogen and oxygen atoms in total. The first-order valence-electron chi connectivity index (χ1n) is 5.16. The standard InChI is InChI=1S/C13H10O4S/c14-13(10-5-2-1-3-6-10)11-7-4-8-12(9-11)18(15,16)17/h1-9H,(H,15,16,17). The van der Waals surface area contributed by atoms with Crippen LogP contribution >= 0.6 is 0 Å². The van der Waals surface area contributed by atoms with Gasteiger partial charge in [-0.05, 0) is 12.1 Å². The first-order chi connectivity index (χ1) is 8.48. The summed E-state index contributed by atoms with van der Waals surface area (Å²) in [7, 11) is -4.29. The molecule has 5 heteroatoms. The highest BCUT2D eigenvalue weighted by atomic mass is 32.2. The van der Waals surface area contributed by atoms with Crippen LogP contribution in [0.25, 0.3) is 0 Å². The van der Waals surface area contributed by atoms with Gasteiger partial charge in [0.1, 0.15) is 0 Å². The first kappa shape index (κ1) is 12.5. The van der Waals surface area contributed by atoms with Crippen LogP contribution < -0.4 is 0 Å². The molecule has 18 heavy (non-hydrogen) atoms. The highest BCUT2D eigenvalue weighted by Crippen LogP contribution is 2.14. The molecule has 0 atom stereocenters. The molecule has 0 aliphatic carbocycles. The second-order valence-electron chi connectivity index (χ2n) is 3.70. The number of carbonyl (C=O) groups is 1. The normalized spacial score (nSPS) is 11.2. The Balaban J connectivity index is 2.44. The second kappa shape index (κ2) is 4.72. The van der Waals surface area contributed by atoms with Crippen molar-refractivity contribution in [3.05, 3.63) is 65.7 Å². The van der Waals surface area contributed by atoms with Crippen LogP contribution in [0.15, 0.2) is 59.5 Å². The van der Waals surface area contributed by atoms with Gasteiger partial charge in [0.25, 0.3) is 10.1 Å². The van der Waals surface area contributed by atoms with Crippen molar-refractivity contribution < 1.29 is 17.8 Å². The van der Waals surface area contributed by atoms with E-state index >= 15 is 0 Å². The lowest BCUT2D eigenvalue weighted by Crippen LogP contribution is -2.04. The lowest BCUT2D eigenvalue weighted by molar-refractivity contribution is 0.103. The van der Waals surface area contributed by atoms with Crippen LogP contribution in [0.3, 0.4) is 0 Å². The van der Waals surface area contributed by atoms with E-state index in [-0.39, 0.29) is 16.2 Å². The van der Waals surface area contributed by atoms with Crippen LogP contribution in [0.1, 0.15) is 15.9 Å². The molecule has 0 aromatic heterocycles. The molecular formula is C13H10O4S. The second-order valence-corrected chi connectivity index (χ2v) is 5.12. The minimum absolute atomic E-state index is 0.219. The Labute approximate surface area is 105 Å². The summed E-state index contributed by atoms with van der Waals surface area (Å²) in [5, 5.41) is 0. The number of carbonyl (C=O) groups excluding carboxylic acids is 1. The maximum Gasteiger partial charge on any atom is 0.294 e. The van der Waals surface area contributed by atoms with E-state index in [1.165, 1.54) is 18.2 Å². The molecule has 2 aromatic carbocycles. The van der Waals surface area contributed by atoms with Crippen LogP contribution in [-0.4, -0.2) is 18.8 Å². The Kier molecular flexibility index (Phi) is 3.27. The predicted octanol–water partition coefficient (Wildman–Crippen LogP) is 2.16. The van der Waals surface area contributed by atoms with Gasteiger partial charge in [-0.25, -0.2) is 0 Å². The molecule has 0 fully saturated rings. The molecule has 2 aromatic rings. The van der Waals surface area contributed by atoms with E-state index in [0.717, 1.165) is 6.07 Å². The van der Waals surface area contributed by atoms with E-state index in [9.17, 15) is 13.2 Å². The Morgan fingerprint density at radius 3 is 2.11 bits per heavy atom. The third kappa shape index (κ3) is 2.64. The van der Waals surface area contributed by atoms with Crippen molar-refractivity contribution in [3.63, 3.8) is 0 Å². The summed E-state index contributed by atoms with van der Waals surface area (Å²) >= 11 is 0. The van der Waals surface area contributed by atoms with Crippen LogP contribution in [-0.2, 0) is 10.1 Å². The topological polar surface area (TPSA) is 71.4 Å². The fourth-order valence-electron chi connectivity index (χ4n) is 1.55. The Hall–Kier alpha value is -1.98. The number of benzene rings is 2. The quantitative estimate of drug-likeness (QED) is 0.679. The van der Waals surface area contributed by atoms with Crippen molar-refractivity contribution >= 4 is 15.9 Å². The smallest absolute Gasteiger partial charge is 0.289 e. The van der Waals surface area contributed by atoms with Crippen LogP contribution in [0.5, 0.6) is 0 Å². The van der Waals surface area contributed by atoms with Gasteiger partial charge in [0.2, 0.25) is 0 Å². The maximum atomic E-state index is 12.0. The average molecular weight is 262 g/mol. The molecule has 0 unspecified atom stereocenters. The van der Waals surface area contributed by atoms with E-state index < -0.39 is 10.1 Å². The summed E-state index contributed by atoms with van der Waals surface area (Å²) < 4.78 is 30.9. The predicted molar refractivity (Wildman–Crippen MR) is 66.1 cm³/mol. The summed E-state index contributed by atoms with van der Waals surface area (Å²) in [6.45, 7) is 0. The lowest BCUT2D eigenvalue weighted by atomic mass is 10.0. The van der Waals surface area contributed by atoms with Crippen molar-refractivity contribution in [1.82, 2.24) is 0 Å². The van der Waals surface area contributed by atoms with E-state index in [1.807, 2.05) is 0 Å². The Morgan fingerprint density at radius 2 is 1.50 bits per heavy atom. The fourth-order valence-corrected chi connectivity index (χ4v) is 2.08. The van der Waals surface area contributed by atoms with Crippen molar-refractivity contribution in [2.24, 2.45) is 0 Å². The molecule has 0 aliphatic heterocycles. The molecule has 0 saturated heterocycles. The zero-order chi connectivity index (χ0) is 13.2. The van der Waals surface area contributed by atoms with Crippen LogP contribution in [0.2, 0.25) is 0 Å². The molecule has 92 valence electrons. The molecule has 0 radical (unpaired) electrons. The number of hydrogen-bond acceptors (Lipinski definition) is 3. The van der Waals surface area contributed by atoms with E-state index in [2.05, 4.69) is 0 Å². The van der Waals surface area contributed by atoms with Gasteiger partial charge >= 0.3 is 0 Å². The van der Waals surface area contributed by atoms with Gasteiger partial charge < -0.3 is 0 Å². The van der Waals surface area contributed by atoms with Gasteiger partial charge in [-0.1, -0.05) is 42.5 Å². The highest BCUT2D eigenvalue weighted by Gasteiger charge is 2.14. The zero-order valence-electron chi connectivity index (χ0n) is 9.28. The van der Waals surface area contributed by atoms with Gasteiger partial charge in [-0.15, -0.1) is 0 Å². The van der Waals surface area contributed by atoms with Gasteiger partial charge in [0, 0.05) is 11.1 Å². The summed E-state index contributed by atoms with van der Waals surface area (Å²) in [6.07, 6.45) is 0. The molecule has 0 saturated carbocycles. The summed E-state index contributed by atoms with van der Waals surface area (Å²) in [5.74, 6) is -0.291. The number of rotatable bonds is 3. The average Bonchev–Trinajstić information content (AvgIpc) is 2.38. The van der Waals surface area contributed by atoms with Crippen molar-refractivity contribution in [1.29, 1.82) is 0 Å². The number of hydrogen-bond donors (Lipinski definition) is 1. The molecule has 1 N–H and O–H groups in total. The van der Waals surface area contributed by atoms with Crippen LogP contribution in [0.4, 0.5) is 0 Å². The van der Waals surface area contributed by atoms with E-state index in [0.29, 0.717) is 5.56 Å². The largest absolute Gasteiger partial charge is 0.294 e. The monoisotopic (exact) mass is 262 g/mol. The van der Waals surface area contributed by atoms with Crippen LogP contribution in [0, 0.1) is 0 Å². The molecule has 2 rings (SSSR count). The van der Waals surface area contributed by atoms with Crippen molar-refractivity contribution in [2.45, 2.75) is 4.90 Å². The van der Waals surface area contributed by atoms with Gasteiger partial charge in [0.15, 0.2) is 5.78 Å². The third-order valence-electron chi connectivity index (χ3n) is 2.43. The molecule has 0 heterocycles. The molecule has 0 aliphatic rings. The Morgan fingerprint density at radius 1 is 0.889 bits per heavy atom. The zero-order valence-corrected chi connectivity index (χ0v) is 10.1. The van der Waals surface area contributed by atoms with E-state index in [1.54, 1.807) is 30.3 Å². The Bertz CT molecular complexity index is 675. The minimum atomic E-state index is -4.29. The third-order valence-corrected chi connectivity index (χ3v) is 3.28. The van der Waals surface area contributed by atoms with Crippen molar-refractivity contribution in [3.8, 4) is 0 Å². The SMILES string of the molecule is O=C(c1ccccc1)c1cccc(S(=O)(=O)O)c1. The van der Waals surface area contributed by atoms with Crippen molar-refractivity contribution in [2.75, 3.05) is 0 Å². The first-order valence-corrected chi connectivity index (χ1v) is 6.60. The number of ketones is 1. The lowest BCUT2D eigenvalue weighted by Gasteiger charge is -2.02. The van der Waals surface area contributed by atoms with Gasteiger partial charge in [-0.2, -0.15) is 8.42 Å². The summed E-state index contributed by atoms with van der Waals surface area (Å²) in [4.78, 5) is 11.8. The van der Waals surface area contributed by atoms with E-state index in [4.69, 9.17) is 4.55 Å². The minimum Gasteiger partial charge on any atom is -0.289 e. The fraction of sp³-hybridized carbons (Fsp3) is 0. The van der Waals surface area contributed by atoms with Gasteiger partial charge in [0.05, 0.1) is 4.90 Å². The highest BCUT2D eigenvalue weighted by molar-refractivity contribution is 7.85. The molecule has 0 bridgehead atoms.